The van der Waals surface area contributed by atoms with Crippen molar-refractivity contribution < 1.29 is 13.3 Å². The zero-order valence-electron chi connectivity index (χ0n) is 13.1. The molecule has 0 amide bonds. The van der Waals surface area contributed by atoms with Gasteiger partial charge in [-0.3, -0.25) is 10.1 Å². The Hall–Kier alpha value is -2.18. The van der Waals surface area contributed by atoms with Crippen LogP contribution in [0.15, 0.2) is 18.2 Å². The van der Waals surface area contributed by atoms with Crippen molar-refractivity contribution in [2.75, 3.05) is 30.3 Å². The molecular formula is C15H18N4O4S. The van der Waals surface area contributed by atoms with Crippen LogP contribution in [0.1, 0.15) is 24.8 Å². The van der Waals surface area contributed by atoms with Crippen molar-refractivity contribution in [1.29, 1.82) is 5.26 Å². The Bertz CT molecular complexity index is 794. The van der Waals surface area contributed by atoms with E-state index in [1.54, 1.807) is 16.4 Å². The van der Waals surface area contributed by atoms with Gasteiger partial charge in [-0.15, -0.1) is 0 Å². The van der Waals surface area contributed by atoms with Gasteiger partial charge in [0.25, 0.3) is 5.69 Å². The maximum absolute atomic E-state index is 12.0. The number of nitriles is 1. The van der Waals surface area contributed by atoms with Gasteiger partial charge in [0, 0.05) is 31.7 Å². The number of nitrogens with zero attached hydrogens (tertiary/aromatic N) is 4. The highest BCUT2D eigenvalue weighted by molar-refractivity contribution is 7.89. The van der Waals surface area contributed by atoms with Crippen molar-refractivity contribution in [1.82, 2.24) is 4.31 Å². The number of hydrogen-bond donors (Lipinski definition) is 0. The summed E-state index contributed by atoms with van der Waals surface area (Å²) in [5.74, 6) is 0.217. The fourth-order valence-corrected chi connectivity index (χ4v) is 5.27. The zero-order valence-corrected chi connectivity index (χ0v) is 13.9. The van der Waals surface area contributed by atoms with Gasteiger partial charge in [-0.05, 0) is 31.4 Å². The number of piperidine rings is 1. The molecule has 1 aromatic carbocycles. The first kappa shape index (κ1) is 16.7. The summed E-state index contributed by atoms with van der Waals surface area (Å²) in [5, 5.41) is 20.2. The standard InChI is InChI=1S/C15H18N4O4S/c16-11-12-2-3-14(15(10-12)19(20)21)17-7-4-13(5-8-17)18-6-1-9-24(18,22)23/h2-3,10,13H,1,4-9H2. The third kappa shape index (κ3) is 3.07. The van der Waals surface area contributed by atoms with Crippen molar-refractivity contribution >= 4 is 21.4 Å². The van der Waals surface area contributed by atoms with Crippen LogP contribution in [0.4, 0.5) is 11.4 Å². The summed E-state index contributed by atoms with van der Waals surface area (Å²) < 4.78 is 25.6. The lowest BCUT2D eigenvalue weighted by molar-refractivity contribution is -0.384. The molecule has 0 spiro atoms. The maximum atomic E-state index is 12.0. The molecule has 0 atom stereocenters. The van der Waals surface area contributed by atoms with Gasteiger partial charge in [-0.25, -0.2) is 8.42 Å². The molecule has 2 aliphatic heterocycles. The Morgan fingerprint density at radius 3 is 2.50 bits per heavy atom. The average molecular weight is 350 g/mol. The molecule has 0 saturated carbocycles. The Kier molecular flexibility index (Phi) is 4.43. The molecule has 128 valence electrons. The minimum atomic E-state index is -3.13. The van der Waals surface area contributed by atoms with Crippen LogP contribution in [0, 0.1) is 21.4 Å². The number of benzene rings is 1. The zero-order chi connectivity index (χ0) is 17.3. The van der Waals surface area contributed by atoms with Gasteiger partial charge in [0.05, 0.1) is 22.3 Å². The normalized spacial score (nSPS) is 21.5. The number of nitro benzene ring substituents is 1. The van der Waals surface area contributed by atoms with E-state index in [4.69, 9.17) is 5.26 Å². The van der Waals surface area contributed by atoms with E-state index in [0.717, 1.165) is 0 Å². The van der Waals surface area contributed by atoms with Gasteiger partial charge in [-0.2, -0.15) is 9.57 Å². The molecule has 0 unspecified atom stereocenters. The van der Waals surface area contributed by atoms with Gasteiger partial charge in [-0.1, -0.05) is 0 Å². The van der Waals surface area contributed by atoms with E-state index in [9.17, 15) is 18.5 Å². The summed E-state index contributed by atoms with van der Waals surface area (Å²) in [5.41, 5.74) is 0.659. The Morgan fingerprint density at radius 2 is 1.96 bits per heavy atom. The summed E-state index contributed by atoms with van der Waals surface area (Å²) >= 11 is 0. The van der Waals surface area contributed by atoms with E-state index in [2.05, 4.69) is 0 Å². The molecule has 1 aromatic rings. The smallest absolute Gasteiger partial charge is 0.293 e. The van der Waals surface area contributed by atoms with E-state index >= 15 is 0 Å². The predicted molar refractivity (Wildman–Crippen MR) is 88.2 cm³/mol. The average Bonchev–Trinajstić information content (AvgIpc) is 2.93. The number of sulfonamides is 1. The molecular weight excluding hydrogens is 332 g/mol. The van der Waals surface area contributed by atoms with Crippen LogP contribution in [0.3, 0.4) is 0 Å². The Balaban J connectivity index is 1.76. The number of hydrogen-bond acceptors (Lipinski definition) is 6. The molecule has 2 fully saturated rings. The van der Waals surface area contributed by atoms with E-state index in [1.165, 1.54) is 6.07 Å². The van der Waals surface area contributed by atoms with E-state index in [-0.39, 0.29) is 23.0 Å². The largest absolute Gasteiger partial charge is 0.366 e. The fraction of sp³-hybridized carbons (Fsp3) is 0.533. The molecule has 8 nitrogen and oxygen atoms in total. The number of nitro groups is 1. The van der Waals surface area contributed by atoms with Gasteiger partial charge in [0.15, 0.2) is 0 Å². The number of anilines is 1. The highest BCUT2D eigenvalue weighted by Gasteiger charge is 2.36. The molecule has 0 N–H and O–H groups in total. The van der Waals surface area contributed by atoms with Gasteiger partial charge < -0.3 is 4.90 Å². The van der Waals surface area contributed by atoms with Gasteiger partial charge >= 0.3 is 0 Å². The van der Waals surface area contributed by atoms with E-state index in [0.29, 0.717) is 44.6 Å². The molecule has 2 saturated heterocycles. The first-order valence-corrected chi connectivity index (χ1v) is 9.46. The second-order valence-corrected chi connectivity index (χ2v) is 8.11. The van der Waals surface area contributed by atoms with E-state index < -0.39 is 14.9 Å². The Morgan fingerprint density at radius 1 is 1.25 bits per heavy atom. The summed E-state index contributed by atoms with van der Waals surface area (Å²) in [6.07, 6.45) is 1.97. The van der Waals surface area contributed by atoms with Gasteiger partial charge in [0.2, 0.25) is 10.0 Å². The van der Waals surface area contributed by atoms with Gasteiger partial charge in [0.1, 0.15) is 5.69 Å². The lowest BCUT2D eigenvalue weighted by Crippen LogP contribution is -2.45. The summed E-state index contributed by atoms with van der Waals surface area (Å²) in [6, 6.07) is 6.34. The molecule has 0 bridgehead atoms. The first-order chi connectivity index (χ1) is 11.4. The summed E-state index contributed by atoms with van der Waals surface area (Å²) in [7, 11) is -3.13. The van der Waals surface area contributed by atoms with Crippen molar-refractivity contribution in [3.05, 3.63) is 33.9 Å². The lowest BCUT2D eigenvalue weighted by atomic mass is 10.0. The number of rotatable bonds is 3. The molecule has 24 heavy (non-hydrogen) atoms. The highest BCUT2D eigenvalue weighted by atomic mass is 32.2. The topological polar surface area (TPSA) is 108 Å². The lowest BCUT2D eigenvalue weighted by Gasteiger charge is -2.36. The molecule has 0 radical (unpaired) electrons. The van der Waals surface area contributed by atoms with Crippen molar-refractivity contribution in [2.24, 2.45) is 0 Å². The fourth-order valence-electron chi connectivity index (χ4n) is 3.47. The SMILES string of the molecule is N#Cc1ccc(N2CCC(N3CCCS3(=O)=O)CC2)c([N+](=O)[O-])c1. The minimum Gasteiger partial charge on any atom is -0.366 e. The van der Waals surface area contributed by atoms with E-state index in [1.807, 2.05) is 11.0 Å². The Labute approximate surface area is 140 Å². The quantitative estimate of drug-likeness (QED) is 0.603. The molecule has 3 rings (SSSR count). The van der Waals surface area contributed by atoms with Crippen LogP contribution in [-0.4, -0.2) is 49.1 Å². The summed E-state index contributed by atoms with van der Waals surface area (Å²) in [6.45, 7) is 1.69. The van der Waals surface area contributed by atoms with Crippen LogP contribution in [0.5, 0.6) is 0 Å². The molecule has 2 heterocycles. The van der Waals surface area contributed by atoms with Crippen LogP contribution in [0.2, 0.25) is 0 Å². The minimum absolute atomic E-state index is 0.0220. The highest BCUT2D eigenvalue weighted by Crippen LogP contribution is 2.33. The maximum Gasteiger partial charge on any atom is 0.293 e. The third-order valence-corrected chi connectivity index (χ3v) is 6.65. The van der Waals surface area contributed by atoms with Crippen molar-refractivity contribution in [3.8, 4) is 6.07 Å². The molecule has 0 aliphatic carbocycles. The second kappa shape index (κ2) is 6.37. The predicted octanol–water partition coefficient (Wildman–Crippen LogP) is 1.47. The molecule has 9 heteroatoms. The van der Waals surface area contributed by atoms with Crippen molar-refractivity contribution in [2.45, 2.75) is 25.3 Å². The molecule has 0 aromatic heterocycles. The molecule has 2 aliphatic rings. The van der Waals surface area contributed by atoms with Crippen molar-refractivity contribution in [3.63, 3.8) is 0 Å². The third-order valence-electron chi connectivity index (χ3n) is 4.65. The monoisotopic (exact) mass is 350 g/mol. The van der Waals surface area contributed by atoms with Crippen LogP contribution < -0.4 is 4.90 Å². The first-order valence-electron chi connectivity index (χ1n) is 7.85. The van der Waals surface area contributed by atoms with Crippen LogP contribution >= 0.6 is 0 Å². The van der Waals surface area contributed by atoms with Crippen LogP contribution in [0.25, 0.3) is 0 Å². The summed E-state index contributed by atoms with van der Waals surface area (Å²) in [4.78, 5) is 12.7. The van der Waals surface area contributed by atoms with Crippen LogP contribution in [-0.2, 0) is 10.0 Å². The second-order valence-electron chi connectivity index (χ2n) is 6.07.